The summed E-state index contributed by atoms with van der Waals surface area (Å²) in [7, 11) is 0. The summed E-state index contributed by atoms with van der Waals surface area (Å²) in [6.07, 6.45) is 4.31. The van der Waals surface area contributed by atoms with Crippen molar-refractivity contribution in [3.63, 3.8) is 0 Å². The van der Waals surface area contributed by atoms with Gasteiger partial charge in [0.25, 0.3) is 0 Å². The van der Waals surface area contributed by atoms with Gasteiger partial charge in [-0.05, 0) is 24.8 Å². The number of hydrogen-bond acceptors (Lipinski definition) is 4. The monoisotopic (exact) mass is 286 g/mol. The van der Waals surface area contributed by atoms with E-state index in [0.717, 1.165) is 31.2 Å². The van der Waals surface area contributed by atoms with Gasteiger partial charge in [0.2, 0.25) is 0 Å². The zero-order chi connectivity index (χ0) is 14.6. The molecule has 4 atom stereocenters. The van der Waals surface area contributed by atoms with Crippen LogP contribution in [0.3, 0.4) is 0 Å². The Morgan fingerprint density at radius 1 is 1.29 bits per heavy atom. The lowest BCUT2D eigenvalue weighted by Gasteiger charge is -2.62. The van der Waals surface area contributed by atoms with Gasteiger partial charge < -0.3 is 9.47 Å². The van der Waals surface area contributed by atoms with Gasteiger partial charge >= 0.3 is 11.9 Å². The summed E-state index contributed by atoms with van der Waals surface area (Å²) in [4.78, 5) is 24.2. The van der Waals surface area contributed by atoms with Crippen LogP contribution in [0.2, 0.25) is 0 Å². The Morgan fingerprint density at radius 3 is 2.86 bits per heavy atom. The molecule has 4 heteroatoms. The first-order chi connectivity index (χ1) is 10.1. The molecule has 0 amide bonds. The molecule has 4 rings (SSSR count). The summed E-state index contributed by atoms with van der Waals surface area (Å²) in [5.74, 6) is 0.186. The number of carbonyl (C=O) groups excluding carboxylic acids is 2. The molecule has 1 aromatic rings. The van der Waals surface area contributed by atoms with Crippen LogP contribution >= 0.6 is 0 Å². The van der Waals surface area contributed by atoms with E-state index in [1.54, 1.807) is 6.07 Å². The number of esters is 2. The maximum atomic E-state index is 12.4. The van der Waals surface area contributed by atoms with Crippen molar-refractivity contribution in [3.8, 4) is 5.75 Å². The average molecular weight is 286 g/mol. The maximum absolute atomic E-state index is 12.4. The Hall–Kier alpha value is -1.84. The van der Waals surface area contributed by atoms with Gasteiger partial charge in [0, 0.05) is 18.4 Å². The molecule has 0 unspecified atom stereocenters. The Morgan fingerprint density at radius 2 is 2.05 bits per heavy atom. The number of benzene rings is 1. The van der Waals surface area contributed by atoms with Crippen LogP contribution in [0, 0.1) is 17.8 Å². The van der Waals surface area contributed by atoms with Crippen LogP contribution in [0.4, 0.5) is 0 Å². The van der Waals surface area contributed by atoms with Crippen LogP contribution in [0.5, 0.6) is 5.75 Å². The number of rotatable bonds is 1. The molecular formula is C17H18O4. The number of carbonyl (C=O) groups is 2. The topological polar surface area (TPSA) is 52.6 Å². The van der Waals surface area contributed by atoms with E-state index in [4.69, 9.17) is 9.47 Å². The first kappa shape index (κ1) is 12.9. The van der Waals surface area contributed by atoms with Crippen LogP contribution in [-0.2, 0) is 19.9 Å². The fourth-order valence-electron chi connectivity index (χ4n) is 4.72. The number of hydrogen-bond donors (Lipinski definition) is 0. The van der Waals surface area contributed by atoms with Crippen molar-refractivity contribution in [2.45, 2.75) is 38.2 Å². The van der Waals surface area contributed by atoms with E-state index in [-0.39, 0.29) is 23.8 Å². The Labute approximate surface area is 123 Å². The van der Waals surface area contributed by atoms with Crippen molar-refractivity contribution >= 4 is 11.9 Å². The van der Waals surface area contributed by atoms with Crippen LogP contribution in [0.15, 0.2) is 24.3 Å². The minimum Gasteiger partial charge on any atom is -0.453 e. The summed E-state index contributed by atoms with van der Waals surface area (Å²) in [5, 5.41) is 0. The van der Waals surface area contributed by atoms with Crippen LogP contribution in [0.1, 0.15) is 38.2 Å². The van der Waals surface area contributed by atoms with Gasteiger partial charge in [0.05, 0.1) is 0 Å². The zero-order valence-electron chi connectivity index (χ0n) is 12.0. The van der Waals surface area contributed by atoms with Gasteiger partial charge in [-0.3, -0.25) is 9.59 Å². The molecule has 1 aromatic carbocycles. The highest BCUT2D eigenvalue weighted by molar-refractivity contribution is 5.83. The first-order valence-electron chi connectivity index (χ1n) is 7.65. The molecule has 1 heterocycles. The molecule has 0 spiro atoms. The van der Waals surface area contributed by atoms with Crippen molar-refractivity contribution in [1.82, 2.24) is 0 Å². The Bertz CT molecular complexity index is 623. The van der Waals surface area contributed by atoms with Crippen molar-refractivity contribution in [1.29, 1.82) is 0 Å². The molecule has 110 valence electrons. The van der Waals surface area contributed by atoms with E-state index in [0.29, 0.717) is 11.7 Å². The van der Waals surface area contributed by atoms with Crippen molar-refractivity contribution in [2.75, 3.05) is 0 Å². The number of fused-ring (bicyclic) bond motifs is 6. The summed E-state index contributed by atoms with van der Waals surface area (Å²) >= 11 is 0. The fourth-order valence-corrected chi connectivity index (χ4v) is 4.72. The third kappa shape index (κ3) is 1.56. The molecular weight excluding hydrogens is 268 g/mol. The normalized spacial score (nSPS) is 36.4. The van der Waals surface area contributed by atoms with Gasteiger partial charge in [0.15, 0.2) is 5.60 Å². The number of ether oxygens (including phenoxy) is 2. The summed E-state index contributed by atoms with van der Waals surface area (Å²) in [6.45, 7) is 1.42. The second-order valence-corrected chi connectivity index (χ2v) is 6.34. The molecule has 0 saturated heterocycles. The highest BCUT2D eigenvalue weighted by Gasteiger charge is 2.71. The molecule has 4 nitrogen and oxygen atoms in total. The maximum Gasteiger partial charge on any atom is 0.319 e. The van der Waals surface area contributed by atoms with Crippen molar-refractivity contribution < 1.29 is 19.1 Å². The van der Waals surface area contributed by atoms with Crippen LogP contribution < -0.4 is 4.74 Å². The smallest absolute Gasteiger partial charge is 0.319 e. The predicted octanol–water partition coefficient (Wildman–Crippen LogP) is 2.80. The Balaban J connectivity index is 1.88. The zero-order valence-corrected chi connectivity index (χ0v) is 12.0. The van der Waals surface area contributed by atoms with E-state index in [9.17, 15) is 9.59 Å². The molecule has 2 fully saturated rings. The van der Waals surface area contributed by atoms with Crippen molar-refractivity contribution in [2.24, 2.45) is 17.8 Å². The molecule has 0 N–H and O–H groups in total. The van der Waals surface area contributed by atoms with Gasteiger partial charge in [-0.1, -0.05) is 31.0 Å². The summed E-state index contributed by atoms with van der Waals surface area (Å²) in [6, 6.07) is 7.47. The summed E-state index contributed by atoms with van der Waals surface area (Å²) in [5.41, 5.74) is 0.0796. The highest BCUT2D eigenvalue weighted by atomic mass is 16.6. The molecule has 3 aliphatic rings. The van der Waals surface area contributed by atoms with E-state index >= 15 is 0 Å². The summed E-state index contributed by atoms with van der Waals surface area (Å²) < 4.78 is 11.3. The second-order valence-electron chi connectivity index (χ2n) is 6.34. The largest absolute Gasteiger partial charge is 0.453 e. The predicted molar refractivity (Wildman–Crippen MR) is 74.5 cm³/mol. The van der Waals surface area contributed by atoms with Gasteiger partial charge in [-0.15, -0.1) is 0 Å². The lowest BCUT2D eigenvalue weighted by atomic mass is 9.46. The highest BCUT2D eigenvalue weighted by Crippen LogP contribution is 2.66. The first-order valence-corrected chi connectivity index (χ1v) is 7.65. The van der Waals surface area contributed by atoms with E-state index in [1.807, 2.05) is 18.2 Å². The fraction of sp³-hybridized carbons (Fsp3) is 0.529. The molecule has 21 heavy (non-hydrogen) atoms. The molecule has 1 aliphatic heterocycles. The van der Waals surface area contributed by atoms with E-state index in [2.05, 4.69) is 0 Å². The average Bonchev–Trinajstić information content (AvgIpc) is 2.45. The molecule has 0 radical (unpaired) electrons. The van der Waals surface area contributed by atoms with Crippen LogP contribution in [0.25, 0.3) is 0 Å². The molecule has 0 bridgehead atoms. The minimum absolute atomic E-state index is 0.238. The van der Waals surface area contributed by atoms with Gasteiger partial charge in [0.1, 0.15) is 11.7 Å². The minimum atomic E-state index is -0.789. The van der Waals surface area contributed by atoms with E-state index < -0.39 is 5.60 Å². The lowest BCUT2D eigenvalue weighted by molar-refractivity contribution is -0.248. The van der Waals surface area contributed by atoms with Gasteiger partial charge in [-0.25, -0.2) is 0 Å². The van der Waals surface area contributed by atoms with Gasteiger partial charge in [-0.2, -0.15) is 0 Å². The third-order valence-electron chi connectivity index (χ3n) is 5.35. The molecule has 2 saturated carbocycles. The third-order valence-corrected chi connectivity index (χ3v) is 5.35. The van der Waals surface area contributed by atoms with Crippen LogP contribution in [-0.4, -0.2) is 11.9 Å². The van der Waals surface area contributed by atoms with Crippen molar-refractivity contribution in [3.05, 3.63) is 29.8 Å². The quantitative estimate of drug-likeness (QED) is 0.588. The standard InChI is InChI=1S/C17H18O4/c1-10(18)21-17-12-7-3-2-6-11(12)15(17)16(19)20-14-9-5-4-8-13(14)17/h4-5,8-9,11-12,15H,2-3,6-7H2,1H3/t11-,12-,15+,17-/m1/s1. The molecule has 2 aliphatic carbocycles. The van der Waals surface area contributed by atoms with E-state index in [1.165, 1.54) is 6.92 Å². The lowest BCUT2D eigenvalue weighted by Crippen LogP contribution is -2.67. The Kier molecular flexibility index (Phi) is 2.65. The SMILES string of the molecule is CC(=O)O[C@]12c3ccccc3OC(=O)[C@@H]1[C@@H]1CCCC[C@H]12. The molecule has 0 aromatic heterocycles. The second kappa shape index (κ2) is 4.33. The number of para-hydroxylation sites is 1.